The molecule has 14 heavy (non-hydrogen) atoms. The number of aryl methyl sites for hydroxylation is 1. The van der Waals surface area contributed by atoms with Gasteiger partial charge in [-0.3, -0.25) is 5.10 Å². The molecule has 2 rings (SSSR count). The maximum absolute atomic E-state index is 8.61. The summed E-state index contributed by atoms with van der Waals surface area (Å²) in [5.41, 5.74) is 3.56. The molecule has 1 aromatic heterocycles. The van der Waals surface area contributed by atoms with E-state index in [1.165, 1.54) is 5.56 Å². The summed E-state index contributed by atoms with van der Waals surface area (Å²) in [6, 6.07) is 11.8. The molecule has 68 valence electrons. The molecule has 3 nitrogen and oxygen atoms in total. The van der Waals surface area contributed by atoms with Crippen molar-refractivity contribution in [2.45, 2.75) is 6.92 Å². The molecule has 0 radical (unpaired) electrons. The second kappa shape index (κ2) is 3.35. The monoisotopic (exact) mass is 183 g/mol. The number of benzene rings is 1. The summed E-state index contributed by atoms with van der Waals surface area (Å²) in [5, 5.41) is 15.3. The van der Waals surface area contributed by atoms with Crippen molar-refractivity contribution in [1.82, 2.24) is 10.2 Å². The number of aromatic amines is 1. The predicted octanol–water partition coefficient (Wildman–Crippen LogP) is 2.26. The number of hydrogen-bond donors (Lipinski definition) is 1. The van der Waals surface area contributed by atoms with Crippen LogP contribution in [0, 0.1) is 18.3 Å². The number of aromatic nitrogens is 2. The molecule has 2 aromatic rings. The molecule has 1 N–H and O–H groups in total. The van der Waals surface area contributed by atoms with E-state index >= 15 is 0 Å². The first-order valence-electron chi connectivity index (χ1n) is 4.32. The van der Waals surface area contributed by atoms with E-state index in [-0.39, 0.29) is 0 Å². The van der Waals surface area contributed by atoms with Gasteiger partial charge in [0.25, 0.3) is 0 Å². The third-order valence-corrected chi connectivity index (χ3v) is 2.05. The summed E-state index contributed by atoms with van der Waals surface area (Å²) in [4.78, 5) is 0. The lowest BCUT2D eigenvalue weighted by Crippen LogP contribution is -1.77. The average Bonchev–Trinajstić information content (AvgIpc) is 2.67. The second-order valence-electron chi connectivity index (χ2n) is 3.14. The summed E-state index contributed by atoms with van der Waals surface area (Å²) in [6.45, 7) is 2.04. The lowest BCUT2D eigenvalue weighted by atomic mass is 10.1. The molecule has 0 bridgehead atoms. The fourth-order valence-electron chi connectivity index (χ4n) is 1.26. The van der Waals surface area contributed by atoms with Gasteiger partial charge in [0.05, 0.1) is 5.69 Å². The van der Waals surface area contributed by atoms with Crippen LogP contribution in [0.2, 0.25) is 0 Å². The van der Waals surface area contributed by atoms with Gasteiger partial charge in [0, 0.05) is 6.07 Å². The van der Waals surface area contributed by atoms with Gasteiger partial charge in [-0.25, -0.2) is 0 Å². The molecular formula is C11H9N3. The Morgan fingerprint density at radius 1 is 1.29 bits per heavy atom. The van der Waals surface area contributed by atoms with Crippen molar-refractivity contribution in [3.63, 3.8) is 0 Å². The van der Waals surface area contributed by atoms with Crippen molar-refractivity contribution in [3.05, 3.63) is 41.6 Å². The van der Waals surface area contributed by atoms with E-state index in [4.69, 9.17) is 5.26 Å². The molecule has 0 fully saturated rings. The lowest BCUT2D eigenvalue weighted by Gasteiger charge is -1.96. The Morgan fingerprint density at radius 3 is 2.57 bits per heavy atom. The highest BCUT2D eigenvalue weighted by Crippen LogP contribution is 2.17. The molecule has 0 saturated carbocycles. The maximum Gasteiger partial charge on any atom is 0.162 e. The number of hydrogen-bond acceptors (Lipinski definition) is 2. The Balaban J connectivity index is 2.40. The van der Waals surface area contributed by atoms with Gasteiger partial charge in [-0.1, -0.05) is 29.8 Å². The van der Waals surface area contributed by atoms with Gasteiger partial charge in [0.15, 0.2) is 5.69 Å². The van der Waals surface area contributed by atoms with E-state index in [2.05, 4.69) is 10.2 Å². The highest BCUT2D eigenvalue weighted by Gasteiger charge is 2.01. The van der Waals surface area contributed by atoms with E-state index in [0.29, 0.717) is 5.69 Å². The number of H-pyrrole nitrogens is 1. The molecule has 0 amide bonds. The van der Waals surface area contributed by atoms with E-state index in [9.17, 15) is 0 Å². The summed E-state index contributed by atoms with van der Waals surface area (Å²) in [6.07, 6.45) is 0. The minimum atomic E-state index is 0.417. The van der Waals surface area contributed by atoms with E-state index in [0.717, 1.165) is 11.3 Å². The predicted molar refractivity (Wildman–Crippen MR) is 53.5 cm³/mol. The van der Waals surface area contributed by atoms with Crippen LogP contribution in [0.5, 0.6) is 0 Å². The van der Waals surface area contributed by atoms with E-state index in [1.54, 1.807) is 6.07 Å². The molecule has 1 heterocycles. The maximum atomic E-state index is 8.61. The van der Waals surface area contributed by atoms with Gasteiger partial charge in [0.1, 0.15) is 6.07 Å². The second-order valence-corrected chi connectivity index (χ2v) is 3.14. The van der Waals surface area contributed by atoms with E-state index in [1.807, 2.05) is 37.3 Å². The number of nitriles is 1. The zero-order valence-electron chi connectivity index (χ0n) is 7.78. The lowest BCUT2D eigenvalue weighted by molar-refractivity contribution is 1.08. The fraction of sp³-hybridized carbons (Fsp3) is 0.0909. The SMILES string of the molecule is Cc1ccc(-c2cc(C#N)n[nH]2)cc1. The summed E-state index contributed by atoms with van der Waals surface area (Å²) < 4.78 is 0. The van der Waals surface area contributed by atoms with E-state index < -0.39 is 0 Å². The largest absolute Gasteiger partial charge is 0.277 e. The zero-order chi connectivity index (χ0) is 9.97. The molecule has 0 aliphatic heterocycles. The number of nitrogens with zero attached hydrogens (tertiary/aromatic N) is 2. The van der Waals surface area contributed by atoms with Crippen LogP contribution in [0.1, 0.15) is 11.3 Å². The molecule has 0 saturated heterocycles. The van der Waals surface area contributed by atoms with Crippen LogP contribution in [-0.4, -0.2) is 10.2 Å². The standard InChI is InChI=1S/C11H9N3/c1-8-2-4-9(5-3-8)11-6-10(7-12)13-14-11/h2-6H,1H3,(H,13,14). The van der Waals surface area contributed by atoms with Crippen molar-refractivity contribution in [2.24, 2.45) is 0 Å². The van der Waals surface area contributed by atoms with Crippen LogP contribution in [0.15, 0.2) is 30.3 Å². The van der Waals surface area contributed by atoms with Gasteiger partial charge in [0.2, 0.25) is 0 Å². The average molecular weight is 183 g/mol. The number of nitrogens with one attached hydrogen (secondary N) is 1. The minimum Gasteiger partial charge on any atom is -0.277 e. The molecule has 0 atom stereocenters. The molecule has 0 aliphatic rings. The Kier molecular flexibility index (Phi) is 2.04. The first-order valence-corrected chi connectivity index (χ1v) is 4.32. The summed E-state index contributed by atoms with van der Waals surface area (Å²) >= 11 is 0. The molecule has 0 spiro atoms. The first kappa shape index (κ1) is 8.52. The molecule has 0 unspecified atom stereocenters. The zero-order valence-corrected chi connectivity index (χ0v) is 7.78. The minimum absolute atomic E-state index is 0.417. The van der Waals surface area contributed by atoms with Gasteiger partial charge in [-0.2, -0.15) is 10.4 Å². The van der Waals surface area contributed by atoms with Crippen LogP contribution in [0.4, 0.5) is 0 Å². The van der Waals surface area contributed by atoms with Gasteiger partial charge in [-0.15, -0.1) is 0 Å². The summed E-state index contributed by atoms with van der Waals surface area (Å²) in [7, 11) is 0. The Bertz CT molecular complexity index is 474. The van der Waals surface area contributed by atoms with Gasteiger partial charge >= 0.3 is 0 Å². The fourth-order valence-corrected chi connectivity index (χ4v) is 1.26. The number of rotatable bonds is 1. The Hall–Kier alpha value is -2.08. The molecule has 0 aliphatic carbocycles. The Morgan fingerprint density at radius 2 is 2.00 bits per heavy atom. The molecular weight excluding hydrogens is 174 g/mol. The Labute approximate surface area is 82.0 Å². The van der Waals surface area contributed by atoms with Crippen molar-refractivity contribution in [3.8, 4) is 17.3 Å². The quantitative estimate of drug-likeness (QED) is 0.737. The normalized spacial score (nSPS) is 9.71. The topological polar surface area (TPSA) is 52.5 Å². The highest BCUT2D eigenvalue weighted by atomic mass is 15.1. The molecule has 1 aromatic carbocycles. The van der Waals surface area contributed by atoms with Crippen LogP contribution in [0.25, 0.3) is 11.3 Å². The smallest absolute Gasteiger partial charge is 0.162 e. The van der Waals surface area contributed by atoms with Crippen molar-refractivity contribution in [2.75, 3.05) is 0 Å². The van der Waals surface area contributed by atoms with Gasteiger partial charge < -0.3 is 0 Å². The van der Waals surface area contributed by atoms with Crippen LogP contribution < -0.4 is 0 Å². The van der Waals surface area contributed by atoms with Crippen LogP contribution in [-0.2, 0) is 0 Å². The third kappa shape index (κ3) is 1.50. The highest BCUT2D eigenvalue weighted by molar-refractivity contribution is 5.60. The molecule has 3 heteroatoms. The van der Waals surface area contributed by atoms with Crippen molar-refractivity contribution >= 4 is 0 Å². The third-order valence-electron chi connectivity index (χ3n) is 2.05. The summed E-state index contributed by atoms with van der Waals surface area (Å²) in [5.74, 6) is 0. The van der Waals surface area contributed by atoms with Crippen LogP contribution in [0.3, 0.4) is 0 Å². The van der Waals surface area contributed by atoms with Gasteiger partial charge in [-0.05, 0) is 12.5 Å². The van der Waals surface area contributed by atoms with Crippen LogP contribution >= 0.6 is 0 Å². The van der Waals surface area contributed by atoms with Crippen molar-refractivity contribution in [1.29, 1.82) is 5.26 Å². The van der Waals surface area contributed by atoms with Crippen molar-refractivity contribution < 1.29 is 0 Å². The first-order chi connectivity index (χ1) is 6.79.